The molecular formula is C23H34N4O6. The number of hydrogen-bond acceptors (Lipinski definition) is 7. The van der Waals surface area contributed by atoms with Crippen LogP contribution < -0.4 is 10.6 Å². The minimum atomic E-state index is -0.567. The van der Waals surface area contributed by atoms with Gasteiger partial charge in [-0.25, -0.2) is 4.79 Å². The molecule has 2 rings (SSSR count). The molecule has 2 N–H and O–H groups in total. The second-order valence-corrected chi connectivity index (χ2v) is 8.99. The highest BCUT2D eigenvalue weighted by atomic mass is 16.6. The Morgan fingerprint density at radius 1 is 1.18 bits per heavy atom. The maximum atomic E-state index is 12.4. The van der Waals surface area contributed by atoms with Gasteiger partial charge in [0, 0.05) is 57.7 Å². The normalized spacial score (nSPS) is 18.2. The van der Waals surface area contributed by atoms with Crippen molar-refractivity contribution in [3.63, 3.8) is 0 Å². The van der Waals surface area contributed by atoms with Gasteiger partial charge in [-0.15, -0.1) is 0 Å². The molecule has 0 spiro atoms. The molecule has 0 saturated carbocycles. The Bertz CT molecular complexity index is 824. The van der Waals surface area contributed by atoms with Crippen LogP contribution in [0.2, 0.25) is 0 Å². The summed E-state index contributed by atoms with van der Waals surface area (Å²) in [6.45, 7) is 5.76. The molecule has 1 fully saturated rings. The first-order chi connectivity index (χ1) is 15.6. The second-order valence-electron chi connectivity index (χ2n) is 8.99. The molecule has 10 heteroatoms. The van der Waals surface area contributed by atoms with Crippen molar-refractivity contribution in [1.82, 2.24) is 20.5 Å². The van der Waals surface area contributed by atoms with Crippen molar-refractivity contribution in [3.8, 4) is 0 Å². The van der Waals surface area contributed by atoms with Gasteiger partial charge in [0.05, 0.1) is 12.6 Å². The zero-order valence-corrected chi connectivity index (χ0v) is 19.8. The number of nitrogens with zero attached hydrogens (tertiary/aromatic N) is 2. The smallest absolute Gasteiger partial charge is 0.332 e. The fourth-order valence-electron chi connectivity index (χ4n) is 3.68. The van der Waals surface area contributed by atoms with Crippen molar-refractivity contribution >= 4 is 23.7 Å². The van der Waals surface area contributed by atoms with E-state index in [-0.39, 0.29) is 68.8 Å². The van der Waals surface area contributed by atoms with E-state index in [2.05, 4.69) is 15.6 Å². The van der Waals surface area contributed by atoms with E-state index in [0.29, 0.717) is 6.42 Å². The van der Waals surface area contributed by atoms with Crippen LogP contribution in [0.25, 0.3) is 0 Å². The molecule has 1 aliphatic heterocycles. The number of ether oxygens (including phenoxy) is 2. The summed E-state index contributed by atoms with van der Waals surface area (Å²) < 4.78 is 10.3. The van der Waals surface area contributed by atoms with Crippen LogP contribution in [0.1, 0.15) is 51.6 Å². The topological polar surface area (TPSA) is 127 Å². The fourth-order valence-corrected chi connectivity index (χ4v) is 3.68. The Labute approximate surface area is 194 Å². The van der Waals surface area contributed by atoms with Crippen molar-refractivity contribution in [3.05, 3.63) is 30.1 Å². The van der Waals surface area contributed by atoms with Crippen LogP contribution >= 0.6 is 0 Å². The summed E-state index contributed by atoms with van der Waals surface area (Å²) in [6, 6.07) is 3.52. The van der Waals surface area contributed by atoms with Gasteiger partial charge in [0.15, 0.2) is 0 Å². The van der Waals surface area contributed by atoms with Crippen LogP contribution in [0.15, 0.2) is 24.5 Å². The Morgan fingerprint density at radius 2 is 1.91 bits per heavy atom. The molecule has 2 atom stereocenters. The predicted octanol–water partition coefficient (Wildman–Crippen LogP) is 0.972. The number of nitrogens with one attached hydrogen (secondary N) is 2. The van der Waals surface area contributed by atoms with E-state index in [0.717, 1.165) is 5.56 Å². The Balaban J connectivity index is 1.63. The van der Waals surface area contributed by atoms with Gasteiger partial charge < -0.3 is 25.0 Å². The van der Waals surface area contributed by atoms with E-state index in [1.807, 2.05) is 12.1 Å². The van der Waals surface area contributed by atoms with Gasteiger partial charge in [-0.05, 0) is 32.4 Å². The maximum Gasteiger partial charge on any atom is 0.332 e. The van der Waals surface area contributed by atoms with Crippen LogP contribution in [0, 0.1) is 5.92 Å². The molecule has 1 aromatic heterocycles. The van der Waals surface area contributed by atoms with Gasteiger partial charge in [-0.3, -0.25) is 19.4 Å². The molecule has 0 bridgehead atoms. The number of esters is 1. The molecule has 0 unspecified atom stereocenters. The predicted molar refractivity (Wildman–Crippen MR) is 120 cm³/mol. The van der Waals surface area contributed by atoms with E-state index in [1.54, 1.807) is 45.1 Å². The lowest BCUT2D eigenvalue weighted by atomic mass is 9.91. The fraction of sp³-hybridized carbons (Fsp3) is 0.609. The second kappa shape index (κ2) is 12.3. The van der Waals surface area contributed by atoms with Crippen molar-refractivity contribution in [2.75, 3.05) is 33.4 Å². The minimum absolute atomic E-state index is 0.00471. The third-order valence-electron chi connectivity index (χ3n) is 5.05. The lowest BCUT2D eigenvalue weighted by Crippen LogP contribution is -2.34. The highest BCUT2D eigenvalue weighted by Crippen LogP contribution is 2.38. The van der Waals surface area contributed by atoms with Gasteiger partial charge in [-0.2, -0.15) is 0 Å². The van der Waals surface area contributed by atoms with Crippen LogP contribution in [0.5, 0.6) is 0 Å². The number of likely N-dealkylation sites (tertiary alicyclic amines) is 1. The standard InChI is InChI=1S/C23H34N4O6/c1-23(2,3)33-21(31)15-32-11-10-26-18(28)7-9-25-19(29)12-17-13-20(30)27(4)22(17)16-6-5-8-24-14-16/h5-6,8,14,17,22H,7,9-13,15H2,1-4H3,(H,25,29)(H,26,28)/t17-,22+/m0/s1. The van der Waals surface area contributed by atoms with E-state index in [9.17, 15) is 19.2 Å². The SMILES string of the molecule is CN1C(=O)C[C@H](CC(=O)NCCC(=O)NCCOCC(=O)OC(C)(C)C)[C@H]1c1cccnc1. The lowest BCUT2D eigenvalue weighted by molar-refractivity contribution is -0.160. The third-order valence-corrected chi connectivity index (χ3v) is 5.05. The van der Waals surface area contributed by atoms with Crippen LogP contribution in [0.4, 0.5) is 0 Å². The molecule has 0 radical (unpaired) electrons. The zero-order valence-electron chi connectivity index (χ0n) is 19.8. The lowest BCUT2D eigenvalue weighted by Gasteiger charge is -2.24. The molecule has 2 heterocycles. The summed E-state index contributed by atoms with van der Waals surface area (Å²) in [5, 5.41) is 5.41. The quantitative estimate of drug-likeness (QED) is 0.371. The molecule has 1 saturated heterocycles. The third kappa shape index (κ3) is 9.17. The molecule has 10 nitrogen and oxygen atoms in total. The molecule has 3 amide bonds. The Hall–Kier alpha value is -3.01. The number of aromatic nitrogens is 1. The first-order valence-corrected chi connectivity index (χ1v) is 11.1. The summed E-state index contributed by atoms with van der Waals surface area (Å²) in [7, 11) is 1.74. The van der Waals surface area contributed by atoms with E-state index >= 15 is 0 Å². The maximum absolute atomic E-state index is 12.4. The number of rotatable bonds is 11. The highest BCUT2D eigenvalue weighted by Gasteiger charge is 2.39. The average Bonchev–Trinajstić information content (AvgIpc) is 3.00. The van der Waals surface area contributed by atoms with Crippen molar-refractivity contribution in [2.24, 2.45) is 5.92 Å². The van der Waals surface area contributed by atoms with Gasteiger partial charge in [-0.1, -0.05) is 6.07 Å². The zero-order chi connectivity index (χ0) is 24.4. The number of pyridine rings is 1. The van der Waals surface area contributed by atoms with E-state index in [1.165, 1.54) is 0 Å². The molecule has 33 heavy (non-hydrogen) atoms. The van der Waals surface area contributed by atoms with E-state index < -0.39 is 11.6 Å². The highest BCUT2D eigenvalue weighted by molar-refractivity contribution is 5.83. The molecule has 1 aliphatic rings. The van der Waals surface area contributed by atoms with Crippen molar-refractivity contribution in [1.29, 1.82) is 0 Å². The van der Waals surface area contributed by atoms with Crippen LogP contribution in [-0.4, -0.2) is 72.5 Å². The molecule has 0 aliphatic carbocycles. The number of hydrogen-bond donors (Lipinski definition) is 2. The Morgan fingerprint density at radius 3 is 2.58 bits per heavy atom. The first kappa shape index (κ1) is 26.2. The van der Waals surface area contributed by atoms with Gasteiger partial charge in [0.1, 0.15) is 12.2 Å². The summed E-state index contributed by atoms with van der Waals surface area (Å²) in [5.74, 6) is -1.05. The number of amides is 3. The number of carbonyl (C=O) groups excluding carboxylic acids is 4. The number of carbonyl (C=O) groups is 4. The van der Waals surface area contributed by atoms with Gasteiger partial charge in [0.25, 0.3) is 0 Å². The summed E-state index contributed by atoms with van der Waals surface area (Å²) in [4.78, 5) is 53.8. The molecule has 1 aromatic rings. The first-order valence-electron chi connectivity index (χ1n) is 11.1. The molecule has 0 aromatic carbocycles. The summed E-state index contributed by atoms with van der Waals surface area (Å²) in [6.07, 6.45) is 3.99. The molecule has 182 valence electrons. The summed E-state index contributed by atoms with van der Waals surface area (Å²) >= 11 is 0. The monoisotopic (exact) mass is 462 g/mol. The van der Waals surface area contributed by atoms with Crippen molar-refractivity contribution in [2.45, 2.75) is 51.7 Å². The van der Waals surface area contributed by atoms with Crippen LogP contribution in [0.3, 0.4) is 0 Å². The van der Waals surface area contributed by atoms with Crippen LogP contribution in [-0.2, 0) is 28.7 Å². The molecular weight excluding hydrogens is 428 g/mol. The summed E-state index contributed by atoms with van der Waals surface area (Å²) in [5.41, 5.74) is 0.332. The average molecular weight is 463 g/mol. The van der Waals surface area contributed by atoms with Gasteiger partial charge >= 0.3 is 5.97 Å². The van der Waals surface area contributed by atoms with Crippen molar-refractivity contribution < 1.29 is 28.7 Å². The van der Waals surface area contributed by atoms with Gasteiger partial charge in [0.2, 0.25) is 17.7 Å². The van der Waals surface area contributed by atoms with E-state index in [4.69, 9.17) is 9.47 Å². The largest absolute Gasteiger partial charge is 0.458 e. The Kier molecular flexibility index (Phi) is 9.77. The minimum Gasteiger partial charge on any atom is -0.458 e.